The van der Waals surface area contributed by atoms with Gasteiger partial charge in [0.2, 0.25) is 0 Å². The molecular formula is C23H28N4O2S. The minimum atomic E-state index is 0.417. The summed E-state index contributed by atoms with van der Waals surface area (Å²) in [7, 11) is 1.69. The average molecular weight is 425 g/mol. The number of hydrogen-bond donors (Lipinski definition) is 1. The number of nitrogens with one attached hydrogen (secondary N) is 1. The number of rotatable bonds is 6. The van der Waals surface area contributed by atoms with Gasteiger partial charge in [0.15, 0.2) is 5.82 Å². The lowest BCUT2D eigenvalue weighted by Gasteiger charge is -2.35. The SMILES string of the molecule is COCc1nc(NC2CCN(C3CCOC3)CC2)c2c(-c3ccccc3)csc2n1. The van der Waals surface area contributed by atoms with Crippen molar-refractivity contribution in [2.24, 2.45) is 0 Å². The van der Waals surface area contributed by atoms with Crippen LogP contribution in [-0.2, 0) is 16.1 Å². The Hall–Kier alpha value is -2.06. The van der Waals surface area contributed by atoms with E-state index in [1.54, 1.807) is 18.4 Å². The van der Waals surface area contributed by atoms with Crippen LogP contribution in [-0.4, -0.2) is 60.4 Å². The minimum Gasteiger partial charge on any atom is -0.380 e. The van der Waals surface area contributed by atoms with Crippen LogP contribution in [0.1, 0.15) is 25.1 Å². The maximum atomic E-state index is 5.58. The molecule has 0 bridgehead atoms. The zero-order chi connectivity index (χ0) is 20.3. The highest BCUT2D eigenvalue weighted by molar-refractivity contribution is 7.17. The van der Waals surface area contributed by atoms with Gasteiger partial charge < -0.3 is 14.8 Å². The van der Waals surface area contributed by atoms with Gasteiger partial charge >= 0.3 is 0 Å². The summed E-state index contributed by atoms with van der Waals surface area (Å²) in [6, 6.07) is 11.5. The molecule has 158 valence electrons. The molecule has 2 aromatic heterocycles. The van der Waals surface area contributed by atoms with E-state index in [1.807, 2.05) is 6.07 Å². The third-order valence-corrected chi connectivity index (χ3v) is 7.00. The van der Waals surface area contributed by atoms with Crippen molar-refractivity contribution in [2.45, 2.75) is 38.0 Å². The van der Waals surface area contributed by atoms with Crippen molar-refractivity contribution in [3.63, 3.8) is 0 Å². The first-order valence-corrected chi connectivity index (χ1v) is 11.6. The Morgan fingerprint density at radius 2 is 2.00 bits per heavy atom. The van der Waals surface area contributed by atoms with Crippen LogP contribution in [0.5, 0.6) is 0 Å². The van der Waals surface area contributed by atoms with E-state index in [9.17, 15) is 0 Å². The fourth-order valence-corrected chi connectivity index (χ4v) is 5.49. The zero-order valence-electron chi connectivity index (χ0n) is 17.3. The number of thiophene rings is 1. The van der Waals surface area contributed by atoms with E-state index in [-0.39, 0.29) is 0 Å². The maximum Gasteiger partial charge on any atom is 0.158 e. The number of nitrogens with zero attached hydrogens (tertiary/aromatic N) is 3. The van der Waals surface area contributed by atoms with Gasteiger partial charge in [-0.3, -0.25) is 4.90 Å². The summed E-state index contributed by atoms with van der Waals surface area (Å²) in [6.45, 7) is 4.44. The molecule has 2 saturated heterocycles. The number of fused-ring (bicyclic) bond motifs is 1. The second kappa shape index (κ2) is 8.98. The molecule has 6 nitrogen and oxygen atoms in total. The van der Waals surface area contributed by atoms with E-state index < -0.39 is 0 Å². The van der Waals surface area contributed by atoms with Gasteiger partial charge in [-0.15, -0.1) is 11.3 Å². The van der Waals surface area contributed by atoms with Crippen LogP contribution in [0.4, 0.5) is 5.82 Å². The van der Waals surface area contributed by atoms with Gasteiger partial charge in [0.1, 0.15) is 17.3 Å². The molecule has 2 aliphatic heterocycles. The second-order valence-electron chi connectivity index (χ2n) is 8.09. The van der Waals surface area contributed by atoms with Crippen LogP contribution < -0.4 is 5.32 Å². The maximum absolute atomic E-state index is 5.58. The standard InChI is InChI=1S/C23H28N4O2S/c1-28-14-20-25-22(24-17-7-10-27(11-8-17)18-9-12-29-13-18)21-19(15-30-23(21)26-20)16-5-3-2-4-6-16/h2-6,15,17-18H,7-14H2,1H3,(H,24,25,26). The van der Waals surface area contributed by atoms with Gasteiger partial charge in [-0.1, -0.05) is 30.3 Å². The fourth-order valence-electron chi connectivity index (χ4n) is 4.53. The van der Waals surface area contributed by atoms with Crippen molar-refractivity contribution in [2.75, 3.05) is 38.7 Å². The minimum absolute atomic E-state index is 0.417. The lowest BCUT2D eigenvalue weighted by molar-refractivity contribution is 0.124. The molecule has 1 aromatic carbocycles. The van der Waals surface area contributed by atoms with Gasteiger partial charge in [-0.2, -0.15) is 0 Å². The highest BCUT2D eigenvalue weighted by atomic mass is 32.1. The topological polar surface area (TPSA) is 59.5 Å². The van der Waals surface area contributed by atoms with E-state index in [0.717, 1.165) is 61.0 Å². The lowest BCUT2D eigenvalue weighted by atomic mass is 10.0. The molecule has 5 rings (SSSR count). The van der Waals surface area contributed by atoms with Crippen LogP contribution in [0.25, 0.3) is 21.3 Å². The quantitative estimate of drug-likeness (QED) is 0.641. The number of likely N-dealkylation sites (tertiary alicyclic amines) is 1. The molecular weight excluding hydrogens is 396 g/mol. The smallest absolute Gasteiger partial charge is 0.158 e. The number of ether oxygens (including phenoxy) is 2. The summed E-state index contributed by atoms with van der Waals surface area (Å²) >= 11 is 1.67. The normalized spacial score (nSPS) is 20.8. The monoisotopic (exact) mass is 424 g/mol. The van der Waals surface area contributed by atoms with Gasteiger partial charge in [0, 0.05) is 49.8 Å². The first-order chi connectivity index (χ1) is 14.8. The summed E-state index contributed by atoms with van der Waals surface area (Å²) in [5.41, 5.74) is 2.40. The predicted molar refractivity (Wildman–Crippen MR) is 121 cm³/mol. The molecule has 3 aromatic rings. The number of methoxy groups -OCH3 is 1. The van der Waals surface area contributed by atoms with Gasteiger partial charge in [0.05, 0.1) is 12.0 Å². The van der Waals surface area contributed by atoms with E-state index >= 15 is 0 Å². The molecule has 0 amide bonds. The van der Waals surface area contributed by atoms with E-state index in [0.29, 0.717) is 18.7 Å². The van der Waals surface area contributed by atoms with Crippen molar-refractivity contribution in [3.8, 4) is 11.1 Å². The van der Waals surface area contributed by atoms with Crippen molar-refractivity contribution in [1.29, 1.82) is 0 Å². The van der Waals surface area contributed by atoms with Crippen LogP contribution in [0.2, 0.25) is 0 Å². The molecule has 1 unspecified atom stereocenters. The molecule has 2 fully saturated rings. The number of hydrogen-bond acceptors (Lipinski definition) is 7. The zero-order valence-corrected chi connectivity index (χ0v) is 18.2. The van der Waals surface area contributed by atoms with E-state index in [4.69, 9.17) is 19.4 Å². The molecule has 0 saturated carbocycles. The molecule has 1 atom stereocenters. The molecule has 7 heteroatoms. The lowest BCUT2D eigenvalue weighted by Crippen LogP contribution is -2.45. The summed E-state index contributed by atoms with van der Waals surface area (Å²) < 4.78 is 10.9. The highest BCUT2D eigenvalue weighted by Gasteiger charge is 2.28. The van der Waals surface area contributed by atoms with Crippen LogP contribution in [0.3, 0.4) is 0 Å². The Morgan fingerprint density at radius 3 is 2.73 bits per heavy atom. The number of benzene rings is 1. The number of anilines is 1. The second-order valence-corrected chi connectivity index (χ2v) is 8.95. The fraction of sp³-hybridized carbons (Fsp3) is 0.478. The van der Waals surface area contributed by atoms with Crippen LogP contribution in [0, 0.1) is 0 Å². The summed E-state index contributed by atoms with van der Waals surface area (Å²) in [5.74, 6) is 1.67. The first kappa shape index (κ1) is 19.9. The van der Waals surface area contributed by atoms with Crippen LogP contribution >= 0.6 is 11.3 Å². The molecule has 0 spiro atoms. The molecule has 2 aliphatic rings. The molecule has 0 radical (unpaired) electrons. The van der Waals surface area contributed by atoms with E-state index in [1.165, 1.54) is 17.5 Å². The van der Waals surface area contributed by atoms with Crippen molar-refractivity contribution in [1.82, 2.24) is 14.9 Å². The van der Waals surface area contributed by atoms with Gasteiger partial charge in [-0.25, -0.2) is 9.97 Å². The third-order valence-electron chi connectivity index (χ3n) is 6.13. The Bertz CT molecular complexity index is 980. The molecule has 30 heavy (non-hydrogen) atoms. The van der Waals surface area contributed by atoms with Crippen LogP contribution in [0.15, 0.2) is 35.7 Å². The van der Waals surface area contributed by atoms with Crippen molar-refractivity contribution < 1.29 is 9.47 Å². The number of piperidine rings is 1. The molecule has 0 aliphatic carbocycles. The summed E-state index contributed by atoms with van der Waals surface area (Å²) in [6.07, 6.45) is 3.40. The number of aromatic nitrogens is 2. The first-order valence-electron chi connectivity index (χ1n) is 10.7. The summed E-state index contributed by atoms with van der Waals surface area (Å²) in [5, 5.41) is 7.09. The van der Waals surface area contributed by atoms with E-state index in [2.05, 4.69) is 39.9 Å². The Balaban J connectivity index is 1.41. The van der Waals surface area contributed by atoms with Gasteiger partial charge in [-0.05, 0) is 24.8 Å². The third kappa shape index (κ3) is 4.07. The molecule has 4 heterocycles. The molecule has 1 N–H and O–H groups in total. The summed E-state index contributed by atoms with van der Waals surface area (Å²) in [4.78, 5) is 13.2. The Labute approximate surface area is 181 Å². The average Bonchev–Trinajstić information content (AvgIpc) is 3.46. The van der Waals surface area contributed by atoms with Crippen molar-refractivity contribution >= 4 is 27.4 Å². The Kier molecular flexibility index (Phi) is 5.95. The van der Waals surface area contributed by atoms with Gasteiger partial charge in [0.25, 0.3) is 0 Å². The largest absolute Gasteiger partial charge is 0.380 e. The highest BCUT2D eigenvalue weighted by Crippen LogP contribution is 2.37. The predicted octanol–water partition coefficient (Wildman–Crippen LogP) is 4.17. The Morgan fingerprint density at radius 1 is 1.17 bits per heavy atom. The van der Waals surface area contributed by atoms with Crippen molar-refractivity contribution in [3.05, 3.63) is 41.5 Å².